The largest absolute Gasteiger partial charge is 0.382 e. The molecule has 4 aromatic rings. The van der Waals surface area contributed by atoms with E-state index in [1.807, 2.05) is 43.6 Å². The number of thiazole rings is 1. The summed E-state index contributed by atoms with van der Waals surface area (Å²) in [6, 6.07) is 8.10. The number of hydrogen-bond donors (Lipinski definition) is 3. The Hall–Kier alpha value is -3.11. The molecule has 1 amide bonds. The number of pyridine rings is 1. The normalized spacial score (nSPS) is 11.1. The molecule has 0 fully saturated rings. The van der Waals surface area contributed by atoms with E-state index in [1.165, 1.54) is 0 Å². The predicted molar refractivity (Wildman–Crippen MR) is 113 cm³/mol. The predicted octanol–water partition coefficient (Wildman–Crippen LogP) is 3.87. The van der Waals surface area contributed by atoms with Crippen molar-refractivity contribution in [1.29, 1.82) is 0 Å². The molecule has 0 saturated carbocycles. The molecule has 3 heterocycles. The van der Waals surface area contributed by atoms with E-state index in [2.05, 4.69) is 30.8 Å². The summed E-state index contributed by atoms with van der Waals surface area (Å²) in [5.74, 6) is 0.0993. The topological polar surface area (TPSA) is 119 Å². The number of fused-ring (bicyclic) bond motifs is 1. The van der Waals surface area contributed by atoms with Crippen molar-refractivity contribution in [3.63, 3.8) is 0 Å². The van der Waals surface area contributed by atoms with Gasteiger partial charge in [-0.1, -0.05) is 11.3 Å². The molecular formula is C18H17N7OS2. The second-order valence-corrected chi connectivity index (χ2v) is 8.21. The Balaban J connectivity index is 1.67. The molecule has 10 heteroatoms. The maximum absolute atomic E-state index is 11.3. The van der Waals surface area contributed by atoms with Gasteiger partial charge in [-0.25, -0.2) is 9.97 Å². The van der Waals surface area contributed by atoms with Crippen molar-refractivity contribution in [2.45, 2.75) is 19.9 Å². The summed E-state index contributed by atoms with van der Waals surface area (Å²) in [5.41, 5.74) is 10.6. The molecule has 0 spiro atoms. The number of nitrogens with one attached hydrogen (secondary N) is 2. The van der Waals surface area contributed by atoms with E-state index in [0.29, 0.717) is 10.8 Å². The van der Waals surface area contributed by atoms with Crippen LogP contribution < -0.4 is 16.4 Å². The highest BCUT2D eigenvalue weighted by molar-refractivity contribution is 7.17. The van der Waals surface area contributed by atoms with Crippen molar-refractivity contribution in [3.05, 3.63) is 41.0 Å². The molecule has 142 valence electrons. The van der Waals surface area contributed by atoms with E-state index in [0.717, 1.165) is 38.5 Å². The Bertz CT molecular complexity index is 1150. The minimum absolute atomic E-state index is 0.172. The minimum Gasteiger partial charge on any atom is -0.382 e. The van der Waals surface area contributed by atoms with Crippen LogP contribution in [0.2, 0.25) is 0 Å². The van der Waals surface area contributed by atoms with E-state index in [1.54, 1.807) is 17.5 Å². The first-order chi connectivity index (χ1) is 13.5. The zero-order valence-electron chi connectivity index (χ0n) is 15.1. The van der Waals surface area contributed by atoms with E-state index in [-0.39, 0.29) is 11.0 Å². The Morgan fingerprint density at radius 1 is 1.18 bits per heavy atom. The molecule has 0 radical (unpaired) electrons. The number of carbonyl (C=O) groups excluding carboxylic acids is 1. The van der Waals surface area contributed by atoms with Gasteiger partial charge in [-0.05, 0) is 32.0 Å². The molecule has 0 saturated heterocycles. The lowest BCUT2D eigenvalue weighted by molar-refractivity contribution is 0.0999. The highest BCUT2D eigenvalue weighted by Crippen LogP contribution is 2.33. The number of rotatable bonds is 6. The lowest BCUT2D eigenvalue weighted by atomic mass is 10.2. The van der Waals surface area contributed by atoms with Gasteiger partial charge in [0.1, 0.15) is 5.82 Å². The van der Waals surface area contributed by atoms with Crippen LogP contribution in [0.5, 0.6) is 0 Å². The zero-order chi connectivity index (χ0) is 19.7. The van der Waals surface area contributed by atoms with Crippen molar-refractivity contribution >= 4 is 56.0 Å². The monoisotopic (exact) mass is 411 g/mol. The van der Waals surface area contributed by atoms with Crippen molar-refractivity contribution in [2.75, 3.05) is 10.6 Å². The van der Waals surface area contributed by atoms with Crippen LogP contribution in [0.1, 0.15) is 23.6 Å². The van der Waals surface area contributed by atoms with Gasteiger partial charge in [-0.15, -0.1) is 21.5 Å². The molecule has 0 unspecified atom stereocenters. The first-order valence-electron chi connectivity index (χ1n) is 8.50. The summed E-state index contributed by atoms with van der Waals surface area (Å²) in [5, 5.41) is 15.4. The molecule has 0 bridgehead atoms. The van der Waals surface area contributed by atoms with Crippen LogP contribution in [0.4, 0.5) is 17.2 Å². The van der Waals surface area contributed by atoms with Gasteiger partial charge in [0.05, 0.1) is 21.3 Å². The second-order valence-electron chi connectivity index (χ2n) is 6.35. The molecule has 28 heavy (non-hydrogen) atoms. The lowest BCUT2D eigenvalue weighted by Crippen LogP contribution is -2.11. The molecule has 0 atom stereocenters. The van der Waals surface area contributed by atoms with Gasteiger partial charge < -0.3 is 16.4 Å². The number of benzene rings is 1. The Morgan fingerprint density at radius 3 is 2.79 bits per heavy atom. The fourth-order valence-electron chi connectivity index (χ4n) is 2.64. The number of amides is 1. The van der Waals surface area contributed by atoms with E-state index in [4.69, 9.17) is 5.73 Å². The maximum atomic E-state index is 11.3. The van der Waals surface area contributed by atoms with Crippen molar-refractivity contribution < 1.29 is 4.79 Å². The van der Waals surface area contributed by atoms with Crippen LogP contribution >= 0.6 is 22.7 Å². The average molecular weight is 412 g/mol. The minimum atomic E-state index is -0.591. The fraction of sp³-hybridized carbons (Fsp3) is 0.167. The third kappa shape index (κ3) is 3.78. The van der Waals surface area contributed by atoms with E-state index < -0.39 is 5.91 Å². The van der Waals surface area contributed by atoms with Gasteiger partial charge >= 0.3 is 0 Å². The molecule has 0 aliphatic rings. The molecule has 3 aromatic heterocycles. The zero-order valence-corrected chi connectivity index (χ0v) is 16.8. The van der Waals surface area contributed by atoms with Crippen LogP contribution in [0.25, 0.3) is 20.8 Å². The molecule has 1 aromatic carbocycles. The molecule has 4 rings (SSSR count). The van der Waals surface area contributed by atoms with Gasteiger partial charge in [0.15, 0.2) is 5.01 Å². The molecule has 8 nitrogen and oxygen atoms in total. The van der Waals surface area contributed by atoms with E-state index >= 15 is 0 Å². The van der Waals surface area contributed by atoms with Crippen LogP contribution in [0.15, 0.2) is 36.0 Å². The Kier molecular flexibility index (Phi) is 4.88. The number of primary amides is 1. The third-order valence-electron chi connectivity index (χ3n) is 3.82. The number of hydrogen-bond acceptors (Lipinski definition) is 9. The summed E-state index contributed by atoms with van der Waals surface area (Å²) >= 11 is 2.74. The smallest absolute Gasteiger partial charge is 0.279 e. The Morgan fingerprint density at radius 2 is 2.04 bits per heavy atom. The number of nitrogens with two attached hydrogens (primary N) is 1. The highest BCUT2D eigenvalue weighted by atomic mass is 32.1. The lowest BCUT2D eigenvalue weighted by Gasteiger charge is -2.15. The third-order valence-corrected chi connectivity index (χ3v) is 5.58. The highest BCUT2D eigenvalue weighted by Gasteiger charge is 2.16. The van der Waals surface area contributed by atoms with Gasteiger partial charge in [0.25, 0.3) is 5.91 Å². The van der Waals surface area contributed by atoms with Crippen LogP contribution in [0, 0.1) is 0 Å². The molecule has 0 aliphatic heterocycles. The maximum Gasteiger partial charge on any atom is 0.279 e. The summed E-state index contributed by atoms with van der Waals surface area (Å²) in [4.78, 5) is 20.1. The second kappa shape index (κ2) is 7.49. The number of nitrogens with zero attached hydrogens (tertiary/aromatic N) is 4. The standard InChI is InChI=1S/C18H17N7OS2/c1-9(2)22-13-6-15(23-10-3-4-12-14(5-10)27-8-21-12)20-7-11(13)17-24-25-18(28-17)16(19)26/h3-9H,1-2H3,(H2,19,26)(H2,20,22,23). The van der Waals surface area contributed by atoms with Crippen LogP contribution in [-0.2, 0) is 0 Å². The summed E-state index contributed by atoms with van der Waals surface area (Å²) in [7, 11) is 0. The van der Waals surface area contributed by atoms with E-state index in [9.17, 15) is 4.79 Å². The molecule has 4 N–H and O–H groups in total. The summed E-state index contributed by atoms with van der Waals surface area (Å²) in [6.45, 7) is 4.09. The fourth-order valence-corrected chi connectivity index (χ4v) is 4.07. The van der Waals surface area contributed by atoms with Crippen LogP contribution in [0.3, 0.4) is 0 Å². The van der Waals surface area contributed by atoms with Crippen LogP contribution in [-0.4, -0.2) is 32.1 Å². The van der Waals surface area contributed by atoms with Crippen molar-refractivity contribution in [3.8, 4) is 10.6 Å². The van der Waals surface area contributed by atoms with Gasteiger partial charge in [-0.3, -0.25) is 4.79 Å². The first kappa shape index (κ1) is 18.3. The quantitative estimate of drug-likeness (QED) is 0.440. The average Bonchev–Trinajstić information content (AvgIpc) is 3.30. The number of carbonyl (C=O) groups is 1. The van der Waals surface area contributed by atoms with Gasteiger partial charge in [-0.2, -0.15) is 0 Å². The summed E-state index contributed by atoms with van der Waals surface area (Å²) < 4.78 is 1.11. The van der Waals surface area contributed by atoms with Crippen molar-refractivity contribution in [2.24, 2.45) is 5.73 Å². The SMILES string of the molecule is CC(C)Nc1cc(Nc2ccc3ncsc3c2)ncc1-c1nnc(C(N)=O)s1. The van der Waals surface area contributed by atoms with Crippen molar-refractivity contribution in [1.82, 2.24) is 20.2 Å². The van der Waals surface area contributed by atoms with Gasteiger partial charge in [0, 0.05) is 29.7 Å². The number of aromatic nitrogens is 4. The Labute approximate surface area is 168 Å². The first-order valence-corrected chi connectivity index (χ1v) is 10.2. The summed E-state index contributed by atoms with van der Waals surface area (Å²) in [6.07, 6.45) is 1.71. The molecular weight excluding hydrogens is 394 g/mol. The molecule has 0 aliphatic carbocycles. The van der Waals surface area contributed by atoms with Gasteiger partial charge in [0.2, 0.25) is 5.01 Å². The number of anilines is 3.